The number of carbonyl (C=O) groups excluding carboxylic acids is 1. The molecule has 1 atom stereocenters. The van der Waals surface area contributed by atoms with Gasteiger partial charge in [0.05, 0.1) is 12.8 Å². The van der Waals surface area contributed by atoms with Crippen LogP contribution in [0, 0.1) is 0 Å². The van der Waals surface area contributed by atoms with Crippen molar-refractivity contribution >= 4 is 12.0 Å². The zero-order chi connectivity index (χ0) is 20.7. The summed E-state index contributed by atoms with van der Waals surface area (Å²) in [5.41, 5.74) is 1.89. The second-order valence-electron chi connectivity index (χ2n) is 7.48. The van der Waals surface area contributed by atoms with Gasteiger partial charge in [-0.3, -0.25) is 4.68 Å². The van der Waals surface area contributed by atoms with Crippen molar-refractivity contribution in [3.63, 3.8) is 0 Å². The molecule has 0 amide bonds. The van der Waals surface area contributed by atoms with Crippen LogP contribution >= 0.6 is 0 Å². The molecule has 4 nitrogen and oxygen atoms in total. The Morgan fingerprint density at radius 2 is 1.72 bits per heavy atom. The molecule has 0 spiro atoms. The average molecular weight is 397 g/mol. The van der Waals surface area contributed by atoms with E-state index in [1.54, 1.807) is 10.9 Å². The van der Waals surface area contributed by atoms with E-state index in [0.29, 0.717) is 6.61 Å². The quantitative estimate of drug-likeness (QED) is 0.268. The molecule has 0 aliphatic carbocycles. The molecule has 29 heavy (non-hydrogen) atoms. The van der Waals surface area contributed by atoms with E-state index in [2.05, 4.69) is 24.2 Å². The van der Waals surface area contributed by atoms with Gasteiger partial charge in [0.25, 0.3) is 0 Å². The van der Waals surface area contributed by atoms with Crippen LogP contribution in [-0.4, -0.2) is 22.4 Å². The van der Waals surface area contributed by atoms with Crippen LogP contribution in [0.3, 0.4) is 0 Å². The maximum Gasteiger partial charge on any atom is 0.335 e. The summed E-state index contributed by atoms with van der Waals surface area (Å²) in [5, 5.41) is 4.42. The van der Waals surface area contributed by atoms with Crippen molar-refractivity contribution in [3.8, 4) is 0 Å². The highest BCUT2D eigenvalue weighted by molar-refractivity contribution is 5.78. The number of rotatable bonds is 14. The first-order valence-electron chi connectivity index (χ1n) is 11.2. The molecule has 2 aromatic rings. The molecule has 1 heterocycles. The van der Waals surface area contributed by atoms with Crippen molar-refractivity contribution in [2.24, 2.45) is 0 Å². The Hall–Kier alpha value is -2.36. The number of hydrogen-bond donors (Lipinski definition) is 0. The topological polar surface area (TPSA) is 44.1 Å². The fraction of sp³-hybridized carbons (Fsp3) is 0.520. The van der Waals surface area contributed by atoms with Crippen LogP contribution in [0.1, 0.15) is 88.8 Å². The second-order valence-corrected chi connectivity index (χ2v) is 7.48. The summed E-state index contributed by atoms with van der Waals surface area (Å²) < 4.78 is 6.97. The van der Waals surface area contributed by atoms with Crippen LogP contribution in [0.2, 0.25) is 0 Å². The van der Waals surface area contributed by atoms with Gasteiger partial charge in [-0.05, 0) is 25.3 Å². The number of allylic oxidation sites excluding steroid dienone is 1. The van der Waals surface area contributed by atoms with Crippen molar-refractivity contribution < 1.29 is 9.53 Å². The summed E-state index contributed by atoms with van der Waals surface area (Å²) in [6, 6.07) is 9.10. The maximum atomic E-state index is 12.5. The molecule has 0 aliphatic rings. The van der Waals surface area contributed by atoms with Crippen LogP contribution in [0.5, 0.6) is 0 Å². The number of hydrogen-bond acceptors (Lipinski definition) is 3. The van der Waals surface area contributed by atoms with Crippen LogP contribution in [-0.2, 0) is 9.53 Å². The van der Waals surface area contributed by atoms with Crippen LogP contribution in [0.15, 0.2) is 48.8 Å². The highest BCUT2D eigenvalue weighted by atomic mass is 16.5. The zero-order valence-electron chi connectivity index (χ0n) is 18.1. The predicted molar refractivity (Wildman–Crippen MR) is 120 cm³/mol. The van der Waals surface area contributed by atoms with E-state index in [-0.39, 0.29) is 5.97 Å². The molecule has 1 aromatic carbocycles. The molecule has 0 fully saturated rings. The normalized spacial score (nSPS) is 12.3. The van der Waals surface area contributed by atoms with Gasteiger partial charge >= 0.3 is 5.97 Å². The first-order valence-corrected chi connectivity index (χ1v) is 11.2. The zero-order valence-corrected chi connectivity index (χ0v) is 18.1. The van der Waals surface area contributed by atoms with Gasteiger partial charge in [0.1, 0.15) is 0 Å². The van der Waals surface area contributed by atoms with Gasteiger partial charge in [0.15, 0.2) is 6.04 Å². The Kier molecular flexibility index (Phi) is 10.9. The monoisotopic (exact) mass is 396 g/mol. The smallest absolute Gasteiger partial charge is 0.335 e. The van der Waals surface area contributed by atoms with Crippen LogP contribution < -0.4 is 0 Å². The number of nitrogens with zero attached hydrogens (tertiary/aromatic N) is 2. The van der Waals surface area contributed by atoms with Crippen molar-refractivity contribution in [2.75, 3.05) is 6.61 Å². The summed E-state index contributed by atoms with van der Waals surface area (Å²) in [5.74, 6) is -0.281. The molecule has 158 valence electrons. The lowest BCUT2D eigenvalue weighted by atomic mass is 10.1. The van der Waals surface area contributed by atoms with Crippen molar-refractivity contribution in [1.29, 1.82) is 0 Å². The molecular weight excluding hydrogens is 360 g/mol. The predicted octanol–water partition coefficient (Wildman–Crippen LogP) is 6.58. The summed E-state index contributed by atoms with van der Waals surface area (Å²) in [6.07, 6.45) is 19.8. The molecule has 1 aromatic heterocycles. The van der Waals surface area contributed by atoms with E-state index in [1.165, 1.54) is 51.4 Å². The third kappa shape index (κ3) is 8.26. The minimum absolute atomic E-state index is 0.281. The minimum atomic E-state index is -0.550. The Balaban J connectivity index is 1.83. The number of ether oxygens (including phenoxy) is 1. The van der Waals surface area contributed by atoms with Crippen molar-refractivity contribution in [3.05, 3.63) is 59.9 Å². The van der Waals surface area contributed by atoms with Crippen molar-refractivity contribution in [2.45, 2.75) is 77.7 Å². The number of aromatic nitrogens is 2. The average Bonchev–Trinajstić information content (AvgIpc) is 3.19. The molecule has 0 saturated heterocycles. The van der Waals surface area contributed by atoms with Crippen molar-refractivity contribution in [1.82, 2.24) is 9.78 Å². The van der Waals surface area contributed by atoms with E-state index in [0.717, 1.165) is 17.5 Å². The third-order valence-corrected chi connectivity index (χ3v) is 5.05. The third-order valence-electron chi connectivity index (χ3n) is 5.05. The number of carbonyl (C=O) groups is 1. The molecule has 4 heteroatoms. The highest BCUT2D eigenvalue weighted by Gasteiger charge is 2.24. The van der Waals surface area contributed by atoms with Gasteiger partial charge in [-0.25, -0.2) is 4.79 Å². The van der Waals surface area contributed by atoms with Gasteiger partial charge in [0.2, 0.25) is 0 Å². The van der Waals surface area contributed by atoms with Gasteiger partial charge in [-0.15, -0.1) is 0 Å². The SMILES string of the molecule is CCCCCCCCCCC=Cc1cnn(C(C(=O)OCC)c2ccccc2)c1. The van der Waals surface area contributed by atoms with E-state index in [4.69, 9.17) is 4.74 Å². The summed E-state index contributed by atoms with van der Waals surface area (Å²) in [7, 11) is 0. The Morgan fingerprint density at radius 3 is 2.41 bits per heavy atom. The molecule has 0 radical (unpaired) electrons. The number of unbranched alkanes of at least 4 members (excludes halogenated alkanes) is 8. The second kappa shape index (κ2) is 13.8. The fourth-order valence-electron chi connectivity index (χ4n) is 3.45. The van der Waals surface area contributed by atoms with Crippen LogP contribution in [0.25, 0.3) is 6.08 Å². The van der Waals surface area contributed by atoms with Gasteiger partial charge in [0, 0.05) is 11.8 Å². The van der Waals surface area contributed by atoms with Crippen LogP contribution in [0.4, 0.5) is 0 Å². The van der Waals surface area contributed by atoms with E-state index < -0.39 is 6.04 Å². The lowest BCUT2D eigenvalue weighted by molar-refractivity contribution is -0.146. The minimum Gasteiger partial charge on any atom is -0.464 e. The highest BCUT2D eigenvalue weighted by Crippen LogP contribution is 2.20. The summed E-state index contributed by atoms with van der Waals surface area (Å²) in [6.45, 7) is 4.44. The Labute approximate surface area is 176 Å². The Morgan fingerprint density at radius 1 is 1.03 bits per heavy atom. The number of esters is 1. The van der Waals surface area contributed by atoms with E-state index in [1.807, 2.05) is 43.5 Å². The lowest BCUT2D eigenvalue weighted by Crippen LogP contribution is -2.23. The lowest BCUT2D eigenvalue weighted by Gasteiger charge is -2.16. The fourth-order valence-corrected chi connectivity index (χ4v) is 3.45. The first kappa shape index (κ1) is 22.9. The molecule has 0 N–H and O–H groups in total. The summed E-state index contributed by atoms with van der Waals surface area (Å²) in [4.78, 5) is 12.5. The summed E-state index contributed by atoms with van der Waals surface area (Å²) >= 11 is 0. The molecule has 0 saturated carbocycles. The van der Waals surface area contributed by atoms with Gasteiger partial charge < -0.3 is 4.74 Å². The number of benzene rings is 1. The molecule has 0 aliphatic heterocycles. The Bertz CT molecular complexity index is 721. The molecule has 0 bridgehead atoms. The molecular formula is C25H36N2O2. The standard InChI is InChI=1S/C25H36N2O2/c1-3-5-6-7-8-9-10-11-12-14-17-22-20-26-27(21-22)24(25(28)29-4-2)23-18-15-13-16-19-23/h13-21,24H,3-12H2,1-2H3. The van der Waals surface area contributed by atoms with Gasteiger partial charge in [-0.2, -0.15) is 5.10 Å². The molecule has 2 rings (SSSR count). The first-order chi connectivity index (χ1) is 14.3. The van der Waals surface area contributed by atoms with Gasteiger partial charge in [-0.1, -0.05) is 94.4 Å². The molecule has 1 unspecified atom stereocenters. The largest absolute Gasteiger partial charge is 0.464 e. The van der Waals surface area contributed by atoms with E-state index in [9.17, 15) is 4.79 Å². The maximum absolute atomic E-state index is 12.5. The van der Waals surface area contributed by atoms with E-state index >= 15 is 0 Å².